The Labute approximate surface area is 73.6 Å². The van der Waals surface area contributed by atoms with Crippen LogP contribution in [0.5, 0.6) is 0 Å². The molecule has 0 N–H and O–H groups in total. The average molecular weight is 162 g/mol. The lowest BCUT2D eigenvalue weighted by Gasteiger charge is -2.18. The second kappa shape index (κ2) is 3.02. The summed E-state index contributed by atoms with van der Waals surface area (Å²) in [5.74, 6) is 2.60. The van der Waals surface area contributed by atoms with E-state index in [0.717, 1.165) is 5.56 Å². The van der Waals surface area contributed by atoms with Crippen LogP contribution in [0.2, 0.25) is 0 Å². The lowest BCUT2D eigenvalue weighted by molar-refractivity contribution is 0.355. The number of rotatable bonds is 1. The van der Waals surface area contributed by atoms with Crippen LogP contribution in [0.25, 0.3) is 0 Å². The number of aromatic nitrogens is 2. The molecule has 0 unspecified atom stereocenters. The second-order valence-corrected chi connectivity index (χ2v) is 3.84. The maximum Gasteiger partial charge on any atom is 0.0543 e. The van der Waals surface area contributed by atoms with Gasteiger partial charge in [-0.05, 0) is 20.8 Å². The van der Waals surface area contributed by atoms with Crippen molar-refractivity contribution in [3.05, 3.63) is 18.0 Å². The van der Waals surface area contributed by atoms with Crippen LogP contribution in [0.4, 0.5) is 0 Å². The molecule has 0 saturated heterocycles. The first-order valence-corrected chi connectivity index (χ1v) is 4.01. The predicted octanol–water partition coefficient (Wildman–Crippen LogP) is 1.81. The molecule has 0 bridgehead atoms. The Balaban J connectivity index is 2.86. The minimum atomic E-state index is 0.0485. The fourth-order valence-electron chi connectivity index (χ4n) is 0.936. The molecule has 0 aliphatic carbocycles. The highest BCUT2D eigenvalue weighted by molar-refractivity contribution is 5.12. The van der Waals surface area contributed by atoms with Gasteiger partial charge in [-0.15, -0.1) is 12.3 Å². The Hall–Kier alpha value is -1.23. The van der Waals surface area contributed by atoms with Gasteiger partial charge in [0.15, 0.2) is 0 Å². The molecule has 1 heterocycles. The van der Waals surface area contributed by atoms with E-state index in [1.165, 1.54) is 0 Å². The molecule has 0 radical (unpaired) electrons. The lowest BCUT2D eigenvalue weighted by atomic mass is 10.1. The van der Waals surface area contributed by atoms with Crippen LogP contribution in [0.3, 0.4) is 0 Å². The fraction of sp³-hybridized carbons (Fsp3) is 0.500. The van der Waals surface area contributed by atoms with E-state index in [-0.39, 0.29) is 5.54 Å². The topological polar surface area (TPSA) is 17.8 Å². The zero-order valence-corrected chi connectivity index (χ0v) is 7.83. The van der Waals surface area contributed by atoms with E-state index < -0.39 is 0 Å². The van der Waals surface area contributed by atoms with Gasteiger partial charge in [0.25, 0.3) is 0 Å². The van der Waals surface area contributed by atoms with Crippen LogP contribution < -0.4 is 0 Å². The number of nitrogens with zero attached hydrogens (tertiary/aromatic N) is 2. The summed E-state index contributed by atoms with van der Waals surface area (Å²) >= 11 is 0. The Bertz CT molecular complexity index is 296. The summed E-state index contributed by atoms with van der Waals surface area (Å²) in [5.41, 5.74) is 1.15. The molecule has 64 valence electrons. The van der Waals surface area contributed by atoms with Crippen molar-refractivity contribution in [3.8, 4) is 12.3 Å². The minimum absolute atomic E-state index is 0.0485. The van der Waals surface area contributed by atoms with E-state index in [9.17, 15) is 0 Å². The van der Waals surface area contributed by atoms with Crippen molar-refractivity contribution >= 4 is 0 Å². The molecule has 1 rings (SSSR count). The average Bonchev–Trinajstić information content (AvgIpc) is 2.35. The second-order valence-electron chi connectivity index (χ2n) is 3.84. The van der Waals surface area contributed by atoms with Crippen molar-refractivity contribution in [2.75, 3.05) is 0 Å². The summed E-state index contributed by atoms with van der Waals surface area (Å²) in [4.78, 5) is 0. The van der Waals surface area contributed by atoms with Gasteiger partial charge in [-0.25, -0.2) is 0 Å². The molecule has 0 aliphatic rings. The molecule has 2 heteroatoms. The maximum atomic E-state index is 5.19. The predicted molar refractivity (Wildman–Crippen MR) is 49.8 cm³/mol. The summed E-state index contributed by atoms with van der Waals surface area (Å²) in [6, 6.07) is 0. The van der Waals surface area contributed by atoms with Gasteiger partial charge in [-0.3, -0.25) is 4.68 Å². The number of hydrogen-bond acceptors (Lipinski definition) is 1. The highest BCUT2D eigenvalue weighted by atomic mass is 15.3. The van der Waals surface area contributed by atoms with Crippen LogP contribution in [0.15, 0.2) is 12.4 Å². The molecule has 0 aromatic carbocycles. The van der Waals surface area contributed by atoms with Gasteiger partial charge in [0.05, 0.1) is 11.7 Å². The van der Waals surface area contributed by atoms with Crippen molar-refractivity contribution in [1.29, 1.82) is 0 Å². The van der Waals surface area contributed by atoms with Crippen molar-refractivity contribution in [1.82, 2.24) is 9.78 Å². The van der Waals surface area contributed by atoms with Gasteiger partial charge < -0.3 is 0 Å². The van der Waals surface area contributed by atoms with E-state index in [1.807, 2.05) is 17.1 Å². The van der Waals surface area contributed by atoms with Crippen LogP contribution in [0.1, 0.15) is 26.3 Å². The molecule has 0 fully saturated rings. The molecular formula is C10H14N2. The molecule has 0 amide bonds. The van der Waals surface area contributed by atoms with Crippen molar-refractivity contribution in [2.24, 2.45) is 0 Å². The Morgan fingerprint density at radius 1 is 1.58 bits per heavy atom. The monoisotopic (exact) mass is 162 g/mol. The fourth-order valence-corrected chi connectivity index (χ4v) is 0.936. The van der Waals surface area contributed by atoms with E-state index in [0.29, 0.717) is 6.42 Å². The van der Waals surface area contributed by atoms with Gasteiger partial charge in [0, 0.05) is 18.2 Å². The van der Waals surface area contributed by atoms with Crippen molar-refractivity contribution in [3.63, 3.8) is 0 Å². The first-order chi connectivity index (χ1) is 5.54. The first-order valence-electron chi connectivity index (χ1n) is 4.01. The summed E-state index contributed by atoms with van der Waals surface area (Å²) in [6.07, 6.45) is 9.68. The van der Waals surface area contributed by atoms with Crippen LogP contribution in [-0.2, 0) is 12.0 Å². The molecule has 12 heavy (non-hydrogen) atoms. The van der Waals surface area contributed by atoms with Crippen molar-refractivity contribution in [2.45, 2.75) is 32.7 Å². The minimum Gasteiger partial charge on any atom is -0.267 e. The zero-order chi connectivity index (χ0) is 9.19. The van der Waals surface area contributed by atoms with Crippen molar-refractivity contribution < 1.29 is 0 Å². The van der Waals surface area contributed by atoms with Gasteiger partial charge in [0.2, 0.25) is 0 Å². The third kappa shape index (κ3) is 1.88. The normalized spacial score (nSPS) is 11.2. The van der Waals surface area contributed by atoms with Crippen LogP contribution in [-0.4, -0.2) is 9.78 Å². The molecule has 0 spiro atoms. The molecule has 1 aromatic heterocycles. The molecule has 0 saturated carbocycles. The van der Waals surface area contributed by atoms with E-state index in [2.05, 4.69) is 31.8 Å². The smallest absolute Gasteiger partial charge is 0.0543 e. The summed E-state index contributed by atoms with van der Waals surface area (Å²) in [7, 11) is 0. The zero-order valence-electron chi connectivity index (χ0n) is 7.83. The molecule has 2 nitrogen and oxygen atoms in total. The highest BCUT2D eigenvalue weighted by Crippen LogP contribution is 2.12. The van der Waals surface area contributed by atoms with Crippen LogP contribution >= 0.6 is 0 Å². The largest absolute Gasteiger partial charge is 0.267 e. The molecular weight excluding hydrogens is 148 g/mol. The summed E-state index contributed by atoms with van der Waals surface area (Å²) < 4.78 is 1.93. The van der Waals surface area contributed by atoms with Gasteiger partial charge in [-0.1, -0.05) is 0 Å². The molecule has 0 atom stereocenters. The number of terminal acetylenes is 1. The Morgan fingerprint density at radius 2 is 2.25 bits per heavy atom. The molecule has 1 aromatic rings. The van der Waals surface area contributed by atoms with E-state index in [4.69, 9.17) is 6.42 Å². The molecule has 0 aliphatic heterocycles. The summed E-state index contributed by atoms with van der Waals surface area (Å²) in [5, 5.41) is 4.23. The summed E-state index contributed by atoms with van der Waals surface area (Å²) in [6.45, 7) is 6.33. The van der Waals surface area contributed by atoms with Gasteiger partial charge in [0.1, 0.15) is 0 Å². The highest BCUT2D eigenvalue weighted by Gasteiger charge is 2.13. The first kappa shape index (κ1) is 8.86. The maximum absolute atomic E-state index is 5.19. The Morgan fingerprint density at radius 3 is 2.67 bits per heavy atom. The lowest BCUT2D eigenvalue weighted by Crippen LogP contribution is -2.21. The number of hydrogen-bond donors (Lipinski definition) is 0. The van der Waals surface area contributed by atoms with E-state index >= 15 is 0 Å². The quantitative estimate of drug-likeness (QED) is 0.576. The third-order valence-electron chi connectivity index (χ3n) is 1.63. The SMILES string of the molecule is C#CCc1cnn(C(C)(C)C)c1. The standard InChI is InChI=1S/C10H14N2/c1-5-6-9-7-11-12(8-9)10(2,3)4/h1,7-8H,6H2,2-4H3. The van der Waals surface area contributed by atoms with Gasteiger partial charge in [-0.2, -0.15) is 5.10 Å². The Kier molecular flexibility index (Phi) is 2.23. The van der Waals surface area contributed by atoms with Crippen LogP contribution in [0, 0.1) is 12.3 Å². The van der Waals surface area contributed by atoms with E-state index in [1.54, 1.807) is 0 Å². The van der Waals surface area contributed by atoms with Gasteiger partial charge >= 0.3 is 0 Å². The third-order valence-corrected chi connectivity index (χ3v) is 1.63.